The smallest absolute Gasteiger partial charge is 0.114 e. The highest BCUT2D eigenvalue weighted by Gasteiger charge is 2.15. The van der Waals surface area contributed by atoms with Crippen molar-refractivity contribution in [2.75, 3.05) is 0 Å². The SMILES string of the molecule is CCc1ccc(C(O)c2cc(Br)ccc2I)s1. The zero-order valence-electron chi connectivity index (χ0n) is 9.28. The Morgan fingerprint density at radius 1 is 1.35 bits per heavy atom. The third-order valence-electron chi connectivity index (χ3n) is 2.55. The van der Waals surface area contributed by atoms with Gasteiger partial charge in [0.2, 0.25) is 0 Å². The first-order valence-corrected chi connectivity index (χ1v) is 8.02. The lowest BCUT2D eigenvalue weighted by Gasteiger charge is -2.11. The van der Waals surface area contributed by atoms with Gasteiger partial charge in [0.25, 0.3) is 0 Å². The normalized spacial score (nSPS) is 12.7. The predicted octanol–water partition coefficient (Wildman–Crippen LogP) is 4.76. The number of aryl methyl sites for hydroxylation is 1. The van der Waals surface area contributed by atoms with Gasteiger partial charge in [-0.1, -0.05) is 22.9 Å². The summed E-state index contributed by atoms with van der Waals surface area (Å²) in [6, 6.07) is 10.1. The second kappa shape index (κ2) is 5.82. The third kappa shape index (κ3) is 3.10. The molecule has 1 nitrogen and oxygen atoms in total. The van der Waals surface area contributed by atoms with E-state index in [-0.39, 0.29) is 0 Å². The maximum atomic E-state index is 10.4. The van der Waals surface area contributed by atoms with Gasteiger partial charge in [0.05, 0.1) is 0 Å². The topological polar surface area (TPSA) is 20.2 Å². The number of thiophene rings is 1. The van der Waals surface area contributed by atoms with Crippen LogP contribution in [0.4, 0.5) is 0 Å². The van der Waals surface area contributed by atoms with Crippen molar-refractivity contribution in [2.24, 2.45) is 0 Å². The molecule has 2 rings (SSSR count). The van der Waals surface area contributed by atoms with Crippen LogP contribution in [0.15, 0.2) is 34.8 Å². The number of hydrogen-bond acceptors (Lipinski definition) is 2. The summed E-state index contributed by atoms with van der Waals surface area (Å²) in [4.78, 5) is 2.32. The van der Waals surface area contributed by atoms with Crippen LogP contribution in [0.2, 0.25) is 0 Å². The summed E-state index contributed by atoms with van der Waals surface area (Å²) in [6.45, 7) is 2.13. The summed E-state index contributed by atoms with van der Waals surface area (Å²) in [5.41, 5.74) is 0.962. The summed E-state index contributed by atoms with van der Waals surface area (Å²) in [6.07, 6.45) is 0.497. The second-order valence-electron chi connectivity index (χ2n) is 3.73. The molecule has 0 bridgehead atoms. The minimum absolute atomic E-state index is 0.523. The van der Waals surface area contributed by atoms with Crippen molar-refractivity contribution in [2.45, 2.75) is 19.4 Å². The van der Waals surface area contributed by atoms with Gasteiger partial charge in [-0.2, -0.15) is 0 Å². The van der Waals surface area contributed by atoms with Gasteiger partial charge in [-0.3, -0.25) is 0 Å². The van der Waals surface area contributed by atoms with Crippen molar-refractivity contribution in [3.05, 3.63) is 53.7 Å². The quantitative estimate of drug-likeness (QED) is 0.707. The molecule has 0 aliphatic rings. The summed E-state index contributed by atoms with van der Waals surface area (Å²) in [5, 5.41) is 10.4. The highest BCUT2D eigenvalue weighted by atomic mass is 127. The first-order valence-electron chi connectivity index (χ1n) is 5.33. The second-order valence-corrected chi connectivity index (χ2v) is 7.00. The maximum Gasteiger partial charge on any atom is 0.114 e. The summed E-state index contributed by atoms with van der Waals surface area (Å²) in [7, 11) is 0. The Labute approximate surface area is 127 Å². The van der Waals surface area contributed by atoms with Crippen molar-refractivity contribution < 1.29 is 5.11 Å². The van der Waals surface area contributed by atoms with Gasteiger partial charge in [0.15, 0.2) is 0 Å². The number of aliphatic hydroxyl groups is 1. The van der Waals surface area contributed by atoms with E-state index in [1.54, 1.807) is 11.3 Å². The fourth-order valence-electron chi connectivity index (χ4n) is 1.61. The van der Waals surface area contributed by atoms with E-state index in [0.29, 0.717) is 0 Å². The van der Waals surface area contributed by atoms with E-state index in [4.69, 9.17) is 0 Å². The first kappa shape index (κ1) is 13.5. The van der Waals surface area contributed by atoms with Crippen molar-refractivity contribution in [1.82, 2.24) is 0 Å². The van der Waals surface area contributed by atoms with Crippen LogP contribution in [0.5, 0.6) is 0 Å². The molecule has 1 heterocycles. The molecule has 0 aliphatic heterocycles. The van der Waals surface area contributed by atoms with Crippen LogP contribution in [-0.2, 0) is 6.42 Å². The maximum absolute atomic E-state index is 10.4. The van der Waals surface area contributed by atoms with Crippen LogP contribution in [0, 0.1) is 3.57 Å². The molecule has 2 aromatic rings. The summed E-state index contributed by atoms with van der Waals surface area (Å²) < 4.78 is 2.09. The van der Waals surface area contributed by atoms with E-state index >= 15 is 0 Å². The minimum atomic E-state index is -0.523. The molecule has 1 aromatic heterocycles. The Morgan fingerprint density at radius 3 is 2.76 bits per heavy atom. The van der Waals surface area contributed by atoms with Gasteiger partial charge in [-0.15, -0.1) is 11.3 Å². The molecule has 0 radical (unpaired) electrons. The highest BCUT2D eigenvalue weighted by Crippen LogP contribution is 2.32. The van der Waals surface area contributed by atoms with E-state index < -0.39 is 6.10 Å². The Morgan fingerprint density at radius 2 is 2.12 bits per heavy atom. The number of rotatable bonds is 3. The Hall–Kier alpha value is 0.0900. The molecule has 0 amide bonds. The average Bonchev–Trinajstić information content (AvgIpc) is 2.80. The lowest BCUT2D eigenvalue weighted by molar-refractivity contribution is 0.223. The van der Waals surface area contributed by atoms with Crippen molar-refractivity contribution in [3.63, 3.8) is 0 Å². The molecule has 0 fully saturated rings. The Kier molecular flexibility index (Phi) is 4.63. The number of aliphatic hydroxyl groups excluding tert-OH is 1. The van der Waals surface area contributed by atoms with E-state index in [1.165, 1.54) is 4.88 Å². The molecular formula is C13H12BrIOS. The molecule has 0 aliphatic carbocycles. The van der Waals surface area contributed by atoms with E-state index in [0.717, 1.165) is 24.9 Å². The molecule has 90 valence electrons. The third-order valence-corrected chi connectivity index (χ3v) is 5.31. The van der Waals surface area contributed by atoms with Crippen LogP contribution >= 0.6 is 49.9 Å². The lowest BCUT2D eigenvalue weighted by Crippen LogP contribution is -1.99. The molecule has 0 spiro atoms. The zero-order chi connectivity index (χ0) is 12.4. The van der Waals surface area contributed by atoms with Gasteiger partial charge in [-0.05, 0) is 59.3 Å². The van der Waals surface area contributed by atoms with Crippen LogP contribution in [0.25, 0.3) is 0 Å². The van der Waals surface area contributed by atoms with Gasteiger partial charge < -0.3 is 5.11 Å². The monoisotopic (exact) mass is 422 g/mol. The van der Waals surface area contributed by atoms with Crippen LogP contribution < -0.4 is 0 Å². The predicted molar refractivity (Wildman–Crippen MR) is 84.6 cm³/mol. The fraction of sp³-hybridized carbons (Fsp3) is 0.231. The Balaban J connectivity index is 2.35. The average molecular weight is 423 g/mol. The van der Waals surface area contributed by atoms with Gasteiger partial charge >= 0.3 is 0 Å². The molecule has 1 unspecified atom stereocenters. The van der Waals surface area contributed by atoms with Crippen molar-refractivity contribution >= 4 is 49.9 Å². The molecule has 4 heteroatoms. The lowest BCUT2D eigenvalue weighted by atomic mass is 10.1. The summed E-state index contributed by atoms with van der Waals surface area (Å²) >= 11 is 7.39. The molecule has 1 aromatic carbocycles. The summed E-state index contributed by atoms with van der Waals surface area (Å²) in [5.74, 6) is 0. The zero-order valence-corrected chi connectivity index (χ0v) is 13.8. The van der Waals surface area contributed by atoms with Gasteiger partial charge in [0, 0.05) is 23.4 Å². The highest BCUT2D eigenvalue weighted by molar-refractivity contribution is 14.1. The van der Waals surface area contributed by atoms with Gasteiger partial charge in [-0.25, -0.2) is 0 Å². The molecule has 1 atom stereocenters. The van der Waals surface area contributed by atoms with E-state index in [9.17, 15) is 5.11 Å². The van der Waals surface area contributed by atoms with Crippen molar-refractivity contribution in [3.8, 4) is 0 Å². The minimum Gasteiger partial charge on any atom is -0.383 e. The molecular weight excluding hydrogens is 411 g/mol. The fourth-order valence-corrected chi connectivity index (χ4v) is 3.58. The van der Waals surface area contributed by atoms with Crippen LogP contribution in [0.1, 0.15) is 28.3 Å². The Bertz CT molecular complexity index is 524. The molecule has 0 saturated carbocycles. The molecule has 17 heavy (non-hydrogen) atoms. The van der Waals surface area contributed by atoms with Crippen LogP contribution in [0.3, 0.4) is 0 Å². The number of benzene rings is 1. The van der Waals surface area contributed by atoms with Gasteiger partial charge in [0.1, 0.15) is 6.10 Å². The number of hydrogen-bond donors (Lipinski definition) is 1. The first-order chi connectivity index (χ1) is 8.11. The van der Waals surface area contributed by atoms with E-state index in [1.807, 2.05) is 24.3 Å². The standard InChI is InChI=1S/C13H12BrIOS/c1-2-9-4-6-12(17-9)13(16)10-7-8(14)3-5-11(10)15/h3-7,13,16H,2H2,1H3. The van der Waals surface area contributed by atoms with Crippen molar-refractivity contribution in [1.29, 1.82) is 0 Å². The number of halogens is 2. The molecule has 1 N–H and O–H groups in total. The molecule has 0 saturated heterocycles. The van der Waals surface area contributed by atoms with E-state index in [2.05, 4.69) is 51.5 Å². The van der Waals surface area contributed by atoms with Crippen LogP contribution in [-0.4, -0.2) is 5.11 Å². The largest absolute Gasteiger partial charge is 0.383 e.